The van der Waals surface area contributed by atoms with Gasteiger partial charge in [0, 0.05) is 12.6 Å². The van der Waals surface area contributed by atoms with Crippen molar-refractivity contribution in [3.8, 4) is 5.75 Å². The number of benzene rings is 2. The molecule has 0 saturated carbocycles. The van der Waals surface area contributed by atoms with Crippen LogP contribution in [0.15, 0.2) is 54.6 Å². The molecule has 150 valence electrons. The molecule has 2 amide bonds. The maximum absolute atomic E-state index is 13.0. The van der Waals surface area contributed by atoms with Crippen molar-refractivity contribution in [2.45, 2.75) is 52.7 Å². The molecule has 5 heteroatoms. The Hall–Kier alpha value is -2.82. The second-order valence-electron chi connectivity index (χ2n) is 7.06. The minimum absolute atomic E-state index is 0.0619. The van der Waals surface area contributed by atoms with E-state index in [-0.39, 0.29) is 24.5 Å². The molecule has 0 bridgehead atoms. The third-order valence-electron chi connectivity index (χ3n) is 4.81. The second kappa shape index (κ2) is 10.5. The number of hydrogen-bond donors (Lipinski definition) is 1. The number of para-hydroxylation sites is 1. The van der Waals surface area contributed by atoms with Crippen molar-refractivity contribution in [3.63, 3.8) is 0 Å². The number of ether oxygens (including phenoxy) is 1. The first kappa shape index (κ1) is 21.5. The van der Waals surface area contributed by atoms with Crippen molar-refractivity contribution in [1.82, 2.24) is 10.2 Å². The quantitative estimate of drug-likeness (QED) is 0.719. The largest absolute Gasteiger partial charge is 0.484 e. The van der Waals surface area contributed by atoms with E-state index in [1.807, 2.05) is 75.4 Å². The van der Waals surface area contributed by atoms with Crippen LogP contribution in [0.3, 0.4) is 0 Å². The van der Waals surface area contributed by atoms with Crippen LogP contribution in [0.25, 0.3) is 0 Å². The Kier molecular flexibility index (Phi) is 8.05. The monoisotopic (exact) mass is 382 g/mol. The Balaban J connectivity index is 2.13. The third-order valence-corrected chi connectivity index (χ3v) is 4.81. The molecule has 0 unspecified atom stereocenters. The van der Waals surface area contributed by atoms with Gasteiger partial charge in [-0.2, -0.15) is 0 Å². The van der Waals surface area contributed by atoms with E-state index in [4.69, 9.17) is 4.74 Å². The summed E-state index contributed by atoms with van der Waals surface area (Å²) in [6.45, 7) is 7.90. The lowest BCUT2D eigenvalue weighted by molar-refractivity contribution is -0.142. The fourth-order valence-electron chi connectivity index (χ4n) is 2.77. The zero-order chi connectivity index (χ0) is 20.5. The van der Waals surface area contributed by atoms with E-state index in [0.717, 1.165) is 17.5 Å². The third kappa shape index (κ3) is 6.12. The topological polar surface area (TPSA) is 58.6 Å². The molecule has 5 nitrogen and oxygen atoms in total. The van der Waals surface area contributed by atoms with E-state index in [1.54, 1.807) is 11.8 Å². The van der Waals surface area contributed by atoms with Gasteiger partial charge in [-0.25, -0.2) is 0 Å². The fourth-order valence-corrected chi connectivity index (χ4v) is 2.77. The molecular formula is C23H30N2O3. The molecule has 0 heterocycles. The van der Waals surface area contributed by atoms with Crippen molar-refractivity contribution >= 4 is 11.8 Å². The number of nitrogens with zero attached hydrogens (tertiary/aromatic N) is 1. The average Bonchev–Trinajstić information content (AvgIpc) is 2.71. The molecule has 2 atom stereocenters. The molecule has 2 rings (SSSR count). The molecule has 2 aromatic rings. The standard InChI is InChI=1S/C23H30N2O3/c1-5-18(3)24-23(27)19(4)25(15-20-12-7-6-8-13-20)22(26)16-28-21-14-10-9-11-17(21)2/h6-14,18-19H,5,15-16H2,1-4H3,(H,24,27)/t18-,19+/m0/s1. The van der Waals surface area contributed by atoms with Crippen LogP contribution >= 0.6 is 0 Å². The number of carbonyl (C=O) groups is 2. The van der Waals surface area contributed by atoms with Crippen molar-refractivity contribution in [3.05, 3.63) is 65.7 Å². The van der Waals surface area contributed by atoms with Crippen LogP contribution in [-0.4, -0.2) is 35.4 Å². The number of carbonyl (C=O) groups excluding carboxylic acids is 2. The molecule has 0 saturated heterocycles. The van der Waals surface area contributed by atoms with E-state index in [9.17, 15) is 9.59 Å². The van der Waals surface area contributed by atoms with Crippen LogP contribution in [0.1, 0.15) is 38.3 Å². The molecule has 28 heavy (non-hydrogen) atoms. The van der Waals surface area contributed by atoms with Gasteiger partial charge < -0.3 is 15.0 Å². The normalized spacial score (nSPS) is 12.7. The summed E-state index contributed by atoms with van der Waals surface area (Å²) >= 11 is 0. The summed E-state index contributed by atoms with van der Waals surface area (Å²) in [4.78, 5) is 27.2. The van der Waals surface area contributed by atoms with Crippen LogP contribution in [0.4, 0.5) is 0 Å². The summed E-state index contributed by atoms with van der Waals surface area (Å²) in [5.74, 6) is 0.292. The van der Waals surface area contributed by atoms with E-state index >= 15 is 0 Å². The van der Waals surface area contributed by atoms with Crippen LogP contribution in [0.5, 0.6) is 5.75 Å². The molecule has 1 N–H and O–H groups in total. The highest BCUT2D eigenvalue weighted by molar-refractivity contribution is 5.88. The summed E-state index contributed by atoms with van der Waals surface area (Å²) in [5, 5.41) is 2.96. The SMILES string of the molecule is CC[C@H](C)NC(=O)[C@@H](C)N(Cc1ccccc1)C(=O)COc1ccccc1C. The molecule has 0 aliphatic carbocycles. The molecule has 0 aliphatic heterocycles. The molecule has 0 aliphatic rings. The van der Waals surface area contributed by atoms with Crippen LogP contribution in [-0.2, 0) is 16.1 Å². The number of hydrogen-bond acceptors (Lipinski definition) is 3. The Morgan fingerprint density at radius 1 is 1.04 bits per heavy atom. The zero-order valence-corrected chi connectivity index (χ0v) is 17.1. The Morgan fingerprint density at radius 2 is 1.68 bits per heavy atom. The second-order valence-corrected chi connectivity index (χ2v) is 7.06. The number of aryl methyl sites for hydroxylation is 1. The predicted molar refractivity (Wildman–Crippen MR) is 111 cm³/mol. The minimum atomic E-state index is -0.595. The van der Waals surface area contributed by atoms with Crippen molar-refractivity contribution in [2.24, 2.45) is 0 Å². The van der Waals surface area contributed by atoms with E-state index in [0.29, 0.717) is 12.3 Å². The van der Waals surface area contributed by atoms with Crippen molar-refractivity contribution in [1.29, 1.82) is 0 Å². The summed E-state index contributed by atoms with van der Waals surface area (Å²) in [7, 11) is 0. The summed E-state index contributed by atoms with van der Waals surface area (Å²) in [6.07, 6.45) is 0.835. The van der Waals surface area contributed by atoms with Gasteiger partial charge in [-0.1, -0.05) is 55.5 Å². The maximum Gasteiger partial charge on any atom is 0.261 e. The van der Waals surface area contributed by atoms with Gasteiger partial charge in [0.2, 0.25) is 5.91 Å². The molecule has 0 fully saturated rings. The molecule has 0 spiro atoms. The summed E-state index contributed by atoms with van der Waals surface area (Å²) in [5.41, 5.74) is 1.93. The lowest BCUT2D eigenvalue weighted by atomic mass is 10.1. The van der Waals surface area contributed by atoms with Crippen LogP contribution in [0.2, 0.25) is 0 Å². The highest BCUT2D eigenvalue weighted by Crippen LogP contribution is 2.17. The van der Waals surface area contributed by atoms with E-state index < -0.39 is 6.04 Å². The number of rotatable bonds is 9. The first-order chi connectivity index (χ1) is 13.4. The fraction of sp³-hybridized carbons (Fsp3) is 0.391. The highest BCUT2D eigenvalue weighted by Gasteiger charge is 2.27. The number of nitrogens with one attached hydrogen (secondary N) is 1. The first-order valence-corrected chi connectivity index (χ1v) is 9.74. The Bertz CT molecular complexity index is 776. The summed E-state index contributed by atoms with van der Waals surface area (Å²) in [6, 6.07) is 16.7. The minimum Gasteiger partial charge on any atom is -0.484 e. The van der Waals surface area contributed by atoms with Crippen molar-refractivity contribution < 1.29 is 14.3 Å². The average molecular weight is 383 g/mol. The molecule has 0 radical (unpaired) electrons. The van der Waals surface area contributed by atoms with Gasteiger partial charge in [-0.15, -0.1) is 0 Å². The molecular weight excluding hydrogens is 352 g/mol. The first-order valence-electron chi connectivity index (χ1n) is 9.74. The molecule has 0 aromatic heterocycles. The van der Waals surface area contributed by atoms with Gasteiger partial charge in [0.15, 0.2) is 6.61 Å². The van der Waals surface area contributed by atoms with Crippen LogP contribution < -0.4 is 10.1 Å². The smallest absolute Gasteiger partial charge is 0.261 e. The van der Waals surface area contributed by atoms with Gasteiger partial charge >= 0.3 is 0 Å². The van der Waals surface area contributed by atoms with E-state index in [1.165, 1.54) is 0 Å². The molecule has 2 aromatic carbocycles. The summed E-state index contributed by atoms with van der Waals surface area (Å²) < 4.78 is 5.73. The van der Waals surface area contributed by atoms with Gasteiger partial charge in [0.1, 0.15) is 11.8 Å². The van der Waals surface area contributed by atoms with Crippen LogP contribution in [0, 0.1) is 6.92 Å². The van der Waals surface area contributed by atoms with Gasteiger partial charge in [0.05, 0.1) is 0 Å². The van der Waals surface area contributed by atoms with Gasteiger partial charge in [-0.3, -0.25) is 9.59 Å². The van der Waals surface area contributed by atoms with Gasteiger partial charge in [-0.05, 0) is 44.4 Å². The lowest BCUT2D eigenvalue weighted by Crippen LogP contribution is -2.50. The zero-order valence-electron chi connectivity index (χ0n) is 17.1. The van der Waals surface area contributed by atoms with Crippen molar-refractivity contribution in [2.75, 3.05) is 6.61 Å². The maximum atomic E-state index is 13.0. The number of amides is 2. The van der Waals surface area contributed by atoms with E-state index in [2.05, 4.69) is 5.32 Å². The highest BCUT2D eigenvalue weighted by atomic mass is 16.5. The lowest BCUT2D eigenvalue weighted by Gasteiger charge is -2.29. The predicted octanol–water partition coefficient (Wildman–Crippen LogP) is 3.71. The Labute approximate surface area is 167 Å². The van der Waals surface area contributed by atoms with Gasteiger partial charge in [0.25, 0.3) is 5.91 Å². The Morgan fingerprint density at radius 3 is 2.32 bits per heavy atom.